The maximum atomic E-state index is 14.4. The molecular formula is C30H28F4N6O3S. The van der Waals surface area contributed by atoms with Crippen LogP contribution < -0.4 is 0 Å². The number of sulfonamides is 1. The van der Waals surface area contributed by atoms with E-state index >= 15 is 0 Å². The van der Waals surface area contributed by atoms with Crippen LogP contribution in [0.4, 0.5) is 17.6 Å². The molecule has 0 aliphatic heterocycles. The van der Waals surface area contributed by atoms with Gasteiger partial charge in [-0.1, -0.05) is 5.57 Å². The average molecular weight is 629 g/mol. The highest BCUT2D eigenvalue weighted by Crippen LogP contribution is 2.51. The van der Waals surface area contributed by atoms with Gasteiger partial charge in [0.1, 0.15) is 16.4 Å². The number of pyridine rings is 1. The van der Waals surface area contributed by atoms with Crippen molar-refractivity contribution in [3.63, 3.8) is 0 Å². The minimum Gasteiger partial charge on any atom is -0.291 e. The molecule has 0 amide bonds. The van der Waals surface area contributed by atoms with Gasteiger partial charge in [-0.25, -0.2) is 17.5 Å². The third-order valence-corrected chi connectivity index (χ3v) is 10.4. The molecule has 0 spiro atoms. The van der Waals surface area contributed by atoms with Crippen molar-refractivity contribution in [2.45, 2.75) is 56.3 Å². The number of aromatic nitrogens is 5. The smallest absolute Gasteiger partial charge is 0.291 e. The molecule has 0 radical (unpaired) electrons. The first-order valence-electron chi connectivity index (χ1n) is 14.0. The fourth-order valence-electron chi connectivity index (χ4n) is 6.17. The van der Waals surface area contributed by atoms with Gasteiger partial charge in [0.05, 0.1) is 34.8 Å². The zero-order chi connectivity index (χ0) is 31.4. The zero-order valence-electron chi connectivity index (χ0n) is 23.8. The number of carbonyl (C=O) groups excluding carboxylic acids is 1. The first-order chi connectivity index (χ1) is 20.8. The number of alkyl halides is 3. The molecule has 1 aromatic carbocycles. The zero-order valence-corrected chi connectivity index (χ0v) is 24.6. The maximum Gasteiger partial charge on any atom is 0.416 e. The van der Waals surface area contributed by atoms with E-state index in [-0.39, 0.29) is 23.4 Å². The third kappa shape index (κ3) is 5.05. The number of nitrogens with zero attached hydrogens (tertiary/aromatic N) is 6. The second-order valence-corrected chi connectivity index (χ2v) is 13.1. The Kier molecular flexibility index (Phi) is 7.31. The summed E-state index contributed by atoms with van der Waals surface area (Å²) in [7, 11) is -2.55. The van der Waals surface area contributed by atoms with E-state index in [1.807, 2.05) is 6.92 Å². The Morgan fingerprint density at radius 2 is 1.89 bits per heavy atom. The van der Waals surface area contributed by atoms with Crippen molar-refractivity contribution in [1.82, 2.24) is 28.9 Å². The fourth-order valence-corrected chi connectivity index (χ4v) is 7.51. The number of allylic oxidation sites excluding steroid dienone is 1. The highest BCUT2D eigenvalue weighted by Gasteiger charge is 2.51. The van der Waals surface area contributed by atoms with Crippen LogP contribution in [0, 0.1) is 11.2 Å². The molecule has 1 fully saturated rings. The van der Waals surface area contributed by atoms with Gasteiger partial charge in [-0.15, -0.1) is 0 Å². The highest BCUT2D eigenvalue weighted by molar-refractivity contribution is 7.89. The number of hydrogen-bond acceptors (Lipinski definition) is 6. The van der Waals surface area contributed by atoms with Crippen LogP contribution in [0.1, 0.15) is 53.5 Å². The summed E-state index contributed by atoms with van der Waals surface area (Å²) in [4.78, 5) is 18.4. The number of hydrogen-bond donors (Lipinski definition) is 0. The van der Waals surface area contributed by atoms with Crippen molar-refractivity contribution in [3.05, 3.63) is 95.1 Å². The lowest BCUT2D eigenvalue weighted by atomic mass is 9.60. The van der Waals surface area contributed by atoms with Crippen LogP contribution in [-0.2, 0) is 29.2 Å². The normalized spacial score (nSPS) is 20.2. The predicted molar refractivity (Wildman–Crippen MR) is 152 cm³/mol. The average Bonchev–Trinajstić information content (AvgIpc) is 3.66. The molecule has 2 aliphatic carbocycles. The molecule has 3 aromatic heterocycles. The number of rotatable bonds is 7. The van der Waals surface area contributed by atoms with Crippen LogP contribution in [0.5, 0.6) is 0 Å². The Balaban J connectivity index is 1.43. The van der Waals surface area contributed by atoms with E-state index in [2.05, 4.69) is 15.2 Å². The van der Waals surface area contributed by atoms with Gasteiger partial charge >= 0.3 is 6.18 Å². The minimum absolute atomic E-state index is 0.00890. The monoisotopic (exact) mass is 628 g/mol. The second kappa shape index (κ2) is 10.8. The summed E-state index contributed by atoms with van der Waals surface area (Å²) < 4.78 is 86.0. The SMILES string of the molecule is CCn1cc(S(=O)(=O)N(C)[C@H]2CCC3=Cc4c(cnn4-c4ccc(F)cc4)C[C@]3(C(=O)c3cc(C(F)(F)F)ccn3)C2)cn1. The summed E-state index contributed by atoms with van der Waals surface area (Å²) in [5.74, 6) is -1.03. The molecule has 0 saturated heterocycles. The first kappa shape index (κ1) is 29.9. The van der Waals surface area contributed by atoms with Crippen molar-refractivity contribution in [2.75, 3.05) is 7.05 Å². The van der Waals surface area contributed by atoms with Crippen LogP contribution in [0.25, 0.3) is 11.8 Å². The number of carbonyl (C=O) groups is 1. The molecule has 2 atom stereocenters. The standard InChI is InChI=1S/C30H28F4N6O3S/c1-3-39-18-25(17-36-39)44(42,43)38(2)24-7-4-20-13-27-19(16-37-40(27)23-8-5-22(31)6-9-23)14-29(20,15-24)28(41)26-12-21(10-11-35-26)30(32,33)34/h5-6,8-13,16-18,24H,3-4,7,14-15H2,1-2H3/t24-,29-/m0/s1. The van der Waals surface area contributed by atoms with Gasteiger partial charge < -0.3 is 0 Å². The molecule has 6 rings (SSSR count). The van der Waals surface area contributed by atoms with Crippen molar-refractivity contribution < 1.29 is 30.8 Å². The van der Waals surface area contributed by atoms with E-state index in [9.17, 15) is 30.8 Å². The molecule has 2 aliphatic rings. The number of benzene rings is 1. The van der Waals surface area contributed by atoms with Crippen LogP contribution >= 0.6 is 0 Å². The molecule has 3 heterocycles. The van der Waals surface area contributed by atoms with E-state index in [0.717, 1.165) is 18.3 Å². The van der Waals surface area contributed by atoms with E-state index in [4.69, 9.17) is 0 Å². The van der Waals surface area contributed by atoms with E-state index in [0.29, 0.717) is 41.9 Å². The Hall–Kier alpha value is -4.17. The summed E-state index contributed by atoms with van der Waals surface area (Å²) >= 11 is 0. The van der Waals surface area contributed by atoms with E-state index in [1.165, 1.54) is 40.6 Å². The molecule has 1 saturated carbocycles. The van der Waals surface area contributed by atoms with E-state index < -0.39 is 44.8 Å². The third-order valence-electron chi connectivity index (χ3n) is 8.59. The van der Waals surface area contributed by atoms with E-state index in [1.54, 1.807) is 29.1 Å². The summed E-state index contributed by atoms with van der Waals surface area (Å²) in [6.45, 7) is 2.31. The molecule has 9 nitrogen and oxygen atoms in total. The first-order valence-corrected chi connectivity index (χ1v) is 15.4. The maximum absolute atomic E-state index is 14.4. The molecule has 14 heteroatoms. The lowest BCUT2D eigenvalue weighted by Gasteiger charge is -2.45. The van der Waals surface area contributed by atoms with Crippen molar-refractivity contribution in [2.24, 2.45) is 5.41 Å². The summed E-state index contributed by atoms with van der Waals surface area (Å²) in [5, 5.41) is 8.55. The van der Waals surface area contributed by atoms with Crippen molar-refractivity contribution >= 4 is 21.9 Å². The van der Waals surface area contributed by atoms with Crippen molar-refractivity contribution in [1.29, 1.82) is 0 Å². The Labute approximate surface area is 250 Å². The second-order valence-electron chi connectivity index (χ2n) is 11.1. The van der Waals surface area contributed by atoms with Crippen LogP contribution in [0.15, 0.2) is 71.7 Å². The summed E-state index contributed by atoms with van der Waals surface area (Å²) in [6.07, 6.45) is 3.12. The predicted octanol–water partition coefficient (Wildman–Crippen LogP) is 5.32. The van der Waals surface area contributed by atoms with Crippen LogP contribution in [-0.4, -0.2) is 56.1 Å². The summed E-state index contributed by atoms with van der Waals surface area (Å²) in [5.41, 5.74) is -0.170. The van der Waals surface area contributed by atoms with Gasteiger partial charge in [-0.3, -0.25) is 14.5 Å². The summed E-state index contributed by atoms with van der Waals surface area (Å²) in [6, 6.07) is 6.64. The van der Waals surface area contributed by atoms with Crippen molar-refractivity contribution in [3.8, 4) is 5.69 Å². The van der Waals surface area contributed by atoms with Gasteiger partial charge in [0.15, 0.2) is 5.78 Å². The Bertz CT molecular complexity index is 1880. The Morgan fingerprint density at radius 1 is 1.14 bits per heavy atom. The van der Waals surface area contributed by atoms with Gasteiger partial charge in [0.25, 0.3) is 0 Å². The van der Waals surface area contributed by atoms with Gasteiger partial charge in [-0.2, -0.15) is 27.7 Å². The lowest BCUT2D eigenvalue weighted by Crippen LogP contribution is -2.49. The molecule has 0 N–H and O–H groups in total. The molecule has 44 heavy (non-hydrogen) atoms. The number of Topliss-reactive ketones (excluding diaryl/α,β-unsaturated/α-hetero) is 1. The van der Waals surface area contributed by atoms with Gasteiger partial charge in [-0.05, 0) is 80.6 Å². The fraction of sp³-hybridized carbons (Fsp3) is 0.333. The highest BCUT2D eigenvalue weighted by atomic mass is 32.2. The Morgan fingerprint density at radius 3 is 2.57 bits per heavy atom. The van der Waals surface area contributed by atoms with Crippen LogP contribution in [0.3, 0.4) is 0 Å². The molecule has 230 valence electrons. The molecule has 4 aromatic rings. The van der Waals surface area contributed by atoms with Gasteiger partial charge in [0, 0.05) is 32.0 Å². The number of ketones is 1. The largest absolute Gasteiger partial charge is 0.416 e. The number of fused-ring (bicyclic) bond motifs is 2. The quantitative estimate of drug-likeness (QED) is 0.203. The topological polar surface area (TPSA) is 103 Å². The minimum atomic E-state index is -4.68. The van der Waals surface area contributed by atoms with Gasteiger partial charge in [0.2, 0.25) is 10.0 Å². The molecule has 0 unspecified atom stereocenters. The number of aryl methyl sites for hydroxylation is 1. The van der Waals surface area contributed by atoms with Crippen LogP contribution in [0.2, 0.25) is 0 Å². The lowest BCUT2D eigenvalue weighted by molar-refractivity contribution is -0.137. The molecule has 0 bridgehead atoms. The molecular weight excluding hydrogens is 600 g/mol. The number of halogens is 4.